The Labute approximate surface area is 125 Å². The van der Waals surface area contributed by atoms with Crippen molar-refractivity contribution < 1.29 is 14.7 Å². The maximum absolute atomic E-state index is 12.4. The molecule has 1 unspecified atom stereocenters. The van der Waals surface area contributed by atoms with Gasteiger partial charge in [0.2, 0.25) is 5.91 Å². The molecule has 0 spiro atoms. The van der Waals surface area contributed by atoms with Crippen molar-refractivity contribution in [3.8, 4) is 0 Å². The van der Waals surface area contributed by atoms with Crippen LogP contribution in [0.4, 0.5) is 0 Å². The topological polar surface area (TPSA) is 69.6 Å². The van der Waals surface area contributed by atoms with Gasteiger partial charge in [-0.1, -0.05) is 31.0 Å². The molecule has 2 rings (SSSR count). The van der Waals surface area contributed by atoms with Crippen LogP contribution in [-0.2, 0) is 4.79 Å². The van der Waals surface area contributed by atoms with Crippen molar-refractivity contribution in [2.75, 3.05) is 19.7 Å². The molecule has 114 valence electrons. The average molecular weight is 290 g/mol. The van der Waals surface area contributed by atoms with Crippen molar-refractivity contribution in [3.05, 3.63) is 35.9 Å². The molecular weight excluding hydrogens is 268 g/mol. The maximum atomic E-state index is 12.4. The number of likely N-dealkylation sites (tertiary alicyclic amines) is 1. The Morgan fingerprint density at radius 2 is 1.71 bits per heavy atom. The van der Waals surface area contributed by atoms with Gasteiger partial charge in [-0.3, -0.25) is 9.59 Å². The highest BCUT2D eigenvalue weighted by molar-refractivity contribution is 5.97. The van der Waals surface area contributed by atoms with Crippen LogP contribution >= 0.6 is 0 Å². The van der Waals surface area contributed by atoms with Gasteiger partial charge in [-0.05, 0) is 25.0 Å². The van der Waals surface area contributed by atoms with Crippen molar-refractivity contribution >= 4 is 11.8 Å². The molecule has 0 bridgehead atoms. The number of nitrogens with one attached hydrogen (secondary N) is 1. The summed E-state index contributed by atoms with van der Waals surface area (Å²) in [5.41, 5.74) is 0.486. The number of benzene rings is 1. The first-order valence-corrected chi connectivity index (χ1v) is 7.48. The predicted octanol–water partition coefficient (Wildman–Crippen LogP) is 1.18. The highest BCUT2D eigenvalue weighted by atomic mass is 16.3. The molecule has 1 aromatic carbocycles. The lowest BCUT2D eigenvalue weighted by atomic mass is 10.2. The Morgan fingerprint density at radius 1 is 1.10 bits per heavy atom. The van der Waals surface area contributed by atoms with Crippen LogP contribution in [0.25, 0.3) is 0 Å². The van der Waals surface area contributed by atoms with E-state index in [0.717, 1.165) is 25.7 Å². The summed E-state index contributed by atoms with van der Waals surface area (Å²) in [5, 5.41) is 12.1. The number of hydrogen-bond donors (Lipinski definition) is 2. The Bertz CT molecular complexity index is 468. The predicted molar refractivity (Wildman–Crippen MR) is 79.8 cm³/mol. The third-order valence-corrected chi connectivity index (χ3v) is 3.74. The van der Waals surface area contributed by atoms with E-state index in [2.05, 4.69) is 5.32 Å². The van der Waals surface area contributed by atoms with Crippen LogP contribution in [-0.4, -0.2) is 47.6 Å². The molecule has 0 aliphatic carbocycles. The number of carbonyl (C=O) groups is 2. The summed E-state index contributed by atoms with van der Waals surface area (Å²) >= 11 is 0. The Balaban J connectivity index is 1.98. The number of amides is 2. The smallest absolute Gasteiger partial charge is 0.251 e. The summed E-state index contributed by atoms with van der Waals surface area (Å²) in [7, 11) is 0. The van der Waals surface area contributed by atoms with Gasteiger partial charge in [-0.15, -0.1) is 0 Å². The number of nitrogens with zero attached hydrogens (tertiary/aromatic N) is 1. The van der Waals surface area contributed by atoms with E-state index in [0.29, 0.717) is 18.7 Å². The molecule has 2 amide bonds. The van der Waals surface area contributed by atoms with Gasteiger partial charge < -0.3 is 15.3 Å². The molecule has 5 heteroatoms. The van der Waals surface area contributed by atoms with Gasteiger partial charge in [0.15, 0.2) is 0 Å². The molecule has 1 saturated heterocycles. The molecule has 0 aromatic heterocycles. The largest absolute Gasteiger partial charge is 0.394 e. The van der Waals surface area contributed by atoms with E-state index in [1.807, 2.05) is 6.07 Å². The fraction of sp³-hybridized carbons (Fsp3) is 0.500. The molecule has 1 aromatic rings. The normalized spacial score (nSPS) is 16.9. The van der Waals surface area contributed by atoms with Gasteiger partial charge in [0.1, 0.15) is 6.04 Å². The second-order valence-electron chi connectivity index (χ2n) is 5.31. The third-order valence-electron chi connectivity index (χ3n) is 3.74. The molecule has 1 heterocycles. The molecule has 1 atom stereocenters. The summed E-state index contributed by atoms with van der Waals surface area (Å²) < 4.78 is 0. The van der Waals surface area contributed by atoms with Gasteiger partial charge in [0.25, 0.3) is 5.91 Å². The Kier molecular flexibility index (Phi) is 5.75. The van der Waals surface area contributed by atoms with Crippen LogP contribution in [0.5, 0.6) is 0 Å². The van der Waals surface area contributed by atoms with Crippen molar-refractivity contribution in [2.24, 2.45) is 0 Å². The number of hydrogen-bond acceptors (Lipinski definition) is 3. The van der Waals surface area contributed by atoms with Gasteiger partial charge in [0, 0.05) is 18.7 Å². The van der Waals surface area contributed by atoms with Crippen molar-refractivity contribution in [1.82, 2.24) is 10.2 Å². The van der Waals surface area contributed by atoms with E-state index in [1.165, 1.54) is 0 Å². The number of carbonyl (C=O) groups excluding carboxylic acids is 2. The van der Waals surface area contributed by atoms with Crippen molar-refractivity contribution in [1.29, 1.82) is 0 Å². The summed E-state index contributed by atoms with van der Waals surface area (Å²) in [6.45, 7) is 1.03. The van der Waals surface area contributed by atoms with Gasteiger partial charge in [0.05, 0.1) is 6.61 Å². The van der Waals surface area contributed by atoms with Gasteiger partial charge in [-0.25, -0.2) is 0 Å². The second-order valence-corrected chi connectivity index (χ2v) is 5.31. The summed E-state index contributed by atoms with van der Waals surface area (Å²) in [6.07, 6.45) is 4.22. The average Bonchev–Trinajstić information content (AvgIpc) is 2.81. The van der Waals surface area contributed by atoms with Crippen molar-refractivity contribution in [2.45, 2.75) is 31.7 Å². The fourth-order valence-electron chi connectivity index (χ4n) is 2.53. The van der Waals surface area contributed by atoms with Gasteiger partial charge in [-0.2, -0.15) is 0 Å². The molecule has 0 saturated carbocycles. The number of rotatable bonds is 4. The molecule has 0 radical (unpaired) electrons. The van der Waals surface area contributed by atoms with E-state index in [4.69, 9.17) is 0 Å². The molecule has 21 heavy (non-hydrogen) atoms. The minimum absolute atomic E-state index is 0.191. The zero-order chi connectivity index (χ0) is 15.1. The van der Waals surface area contributed by atoms with Crippen LogP contribution in [0.1, 0.15) is 36.0 Å². The zero-order valence-electron chi connectivity index (χ0n) is 12.1. The SMILES string of the molecule is O=C(NC(CO)C(=O)N1CCCCCC1)c1ccccc1. The van der Waals surface area contributed by atoms with Crippen LogP contribution in [0.15, 0.2) is 30.3 Å². The van der Waals surface area contributed by atoms with E-state index < -0.39 is 6.04 Å². The third kappa shape index (κ3) is 4.29. The fourth-order valence-corrected chi connectivity index (χ4v) is 2.53. The molecule has 1 fully saturated rings. The maximum Gasteiger partial charge on any atom is 0.251 e. The highest BCUT2D eigenvalue weighted by Crippen LogP contribution is 2.11. The minimum atomic E-state index is -0.865. The Morgan fingerprint density at radius 3 is 2.29 bits per heavy atom. The summed E-state index contributed by atoms with van der Waals surface area (Å²) in [4.78, 5) is 26.2. The Hall–Kier alpha value is -1.88. The lowest BCUT2D eigenvalue weighted by Gasteiger charge is -2.25. The standard InChI is InChI=1S/C16H22N2O3/c19-12-14(16(21)18-10-6-1-2-7-11-18)17-15(20)13-8-4-3-5-9-13/h3-5,8-9,14,19H,1-2,6-7,10-12H2,(H,17,20). The first kappa shape index (κ1) is 15.5. The lowest BCUT2D eigenvalue weighted by molar-refractivity contribution is -0.134. The van der Waals surface area contributed by atoms with E-state index in [-0.39, 0.29) is 18.4 Å². The monoisotopic (exact) mass is 290 g/mol. The number of aliphatic hydroxyl groups is 1. The zero-order valence-corrected chi connectivity index (χ0v) is 12.1. The molecular formula is C16H22N2O3. The van der Waals surface area contributed by atoms with E-state index in [1.54, 1.807) is 29.2 Å². The summed E-state index contributed by atoms with van der Waals surface area (Å²) in [6, 6.07) is 7.85. The molecule has 2 N–H and O–H groups in total. The number of aliphatic hydroxyl groups excluding tert-OH is 1. The molecule has 1 aliphatic rings. The van der Waals surface area contributed by atoms with Crippen LogP contribution < -0.4 is 5.32 Å². The van der Waals surface area contributed by atoms with Crippen LogP contribution in [0.3, 0.4) is 0 Å². The highest BCUT2D eigenvalue weighted by Gasteiger charge is 2.26. The summed E-state index contributed by atoms with van der Waals surface area (Å²) in [5.74, 6) is -0.526. The van der Waals surface area contributed by atoms with Crippen LogP contribution in [0.2, 0.25) is 0 Å². The van der Waals surface area contributed by atoms with Gasteiger partial charge >= 0.3 is 0 Å². The van der Waals surface area contributed by atoms with E-state index >= 15 is 0 Å². The molecule has 1 aliphatic heterocycles. The van der Waals surface area contributed by atoms with E-state index in [9.17, 15) is 14.7 Å². The van der Waals surface area contributed by atoms with Crippen molar-refractivity contribution in [3.63, 3.8) is 0 Å². The lowest BCUT2D eigenvalue weighted by Crippen LogP contribution is -2.50. The second kappa shape index (κ2) is 7.78. The first-order valence-electron chi connectivity index (χ1n) is 7.48. The molecule has 5 nitrogen and oxygen atoms in total. The first-order chi connectivity index (χ1) is 10.2. The minimum Gasteiger partial charge on any atom is -0.394 e. The quantitative estimate of drug-likeness (QED) is 0.875. The van der Waals surface area contributed by atoms with Crippen LogP contribution in [0, 0.1) is 0 Å².